The predicted molar refractivity (Wildman–Crippen MR) is 67.1 cm³/mol. The molecule has 0 spiro atoms. The van der Waals surface area contributed by atoms with Gasteiger partial charge < -0.3 is 5.11 Å². The number of aromatic nitrogens is 2. The molecule has 20 heavy (non-hydrogen) atoms. The molecule has 0 saturated heterocycles. The lowest BCUT2D eigenvalue weighted by Gasteiger charge is -2.09. The van der Waals surface area contributed by atoms with Gasteiger partial charge in [-0.1, -0.05) is 0 Å². The van der Waals surface area contributed by atoms with Gasteiger partial charge in [0.2, 0.25) is 0 Å². The first-order chi connectivity index (χ1) is 9.43. The lowest BCUT2D eigenvalue weighted by molar-refractivity contribution is -0.137. The van der Waals surface area contributed by atoms with Crippen molar-refractivity contribution in [2.24, 2.45) is 5.92 Å². The molecule has 2 aromatic rings. The van der Waals surface area contributed by atoms with Crippen molar-refractivity contribution in [1.82, 2.24) is 9.78 Å². The van der Waals surface area contributed by atoms with Crippen molar-refractivity contribution < 1.29 is 18.3 Å². The van der Waals surface area contributed by atoms with Crippen LogP contribution in [-0.4, -0.2) is 14.9 Å². The van der Waals surface area contributed by atoms with Gasteiger partial charge >= 0.3 is 6.18 Å². The lowest BCUT2D eigenvalue weighted by atomic mass is 10.1. The summed E-state index contributed by atoms with van der Waals surface area (Å²) < 4.78 is 39.4. The van der Waals surface area contributed by atoms with Gasteiger partial charge in [-0.05, 0) is 37.0 Å². The fourth-order valence-corrected chi connectivity index (χ4v) is 2.12. The maximum absolute atomic E-state index is 12.5. The molecule has 0 unspecified atom stereocenters. The molecule has 1 aliphatic carbocycles. The molecule has 0 radical (unpaired) electrons. The van der Waals surface area contributed by atoms with Crippen molar-refractivity contribution in [2.45, 2.75) is 25.6 Å². The highest BCUT2D eigenvalue weighted by Gasteiger charge is 2.31. The topological polar surface area (TPSA) is 38.1 Å². The Morgan fingerprint density at radius 3 is 2.65 bits per heavy atom. The van der Waals surface area contributed by atoms with E-state index in [1.54, 1.807) is 17.1 Å². The van der Waals surface area contributed by atoms with E-state index in [9.17, 15) is 18.3 Å². The zero-order chi connectivity index (χ0) is 14.3. The van der Waals surface area contributed by atoms with E-state index in [1.807, 2.05) is 0 Å². The number of phenols is 1. The molecule has 1 N–H and O–H groups in total. The number of hydrogen-bond donors (Lipinski definition) is 1. The van der Waals surface area contributed by atoms with Crippen molar-refractivity contribution in [3.63, 3.8) is 0 Å². The Hall–Kier alpha value is -1.98. The monoisotopic (exact) mass is 282 g/mol. The summed E-state index contributed by atoms with van der Waals surface area (Å²) in [7, 11) is 0. The van der Waals surface area contributed by atoms with E-state index < -0.39 is 11.7 Å². The van der Waals surface area contributed by atoms with Crippen LogP contribution < -0.4 is 0 Å². The van der Waals surface area contributed by atoms with Crippen LogP contribution in [-0.2, 0) is 12.7 Å². The van der Waals surface area contributed by atoms with E-state index in [4.69, 9.17) is 0 Å². The first-order valence-corrected chi connectivity index (χ1v) is 6.36. The van der Waals surface area contributed by atoms with Crippen LogP contribution in [0.15, 0.2) is 30.6 Å². The Bertz CT molecular complexity index is 630. The van der Waals surface area contributed by atoms with Gasteiger partial charge in [-0.25, -0.2) is 0 Å². The van der Waals surface area contributed by atoms with E-state index in [1.165, 1.54) is 18.9 Å². The zero-order valence-corrected chi connectivity index (χ0v) is 10.6. The van der Waals surface area contributed by atoms with Gasteiger partial charge in [-0.15, -0.1) is 0 Å². The van der Waals surface area contributed by atoms with Crippen LogP contribution >= 0.6 is 0 Å². The van der Waals surface area contributed by atoms with Crippen molar-refractivity contribution in [3.8, 4) is 16.9 Å². The van der Waals surface area contributed by atoms with Crippen molar-refractivity contribution in [3.05, 3.63) is 36.2 Å². The minimum Gasteiger partial charge on any atom is -0.507 e. The van der Waals surface area contributed by atoms with Crippen LogP contribution in [0.4, 0.5) is 13.2 Å². The first kappa shape index (κ1) is 13.0. The van der Waals surface area contributed by atoms with Crippen LogP contribution in [0.2, 0.25) is 0 Å². The number of hydrogen-bond acceptors (Lipinski definition) is 2. The molecular weight excluding hydrogens is 269 g/mol. The minimum atomic E-state index is -4.45. The van der Waals surface area contributed by atoms with Gasteiger partial charge in [-0.3, -0.25) is 4.68 Å². The molecule has 1 saturated carbocycles. The Balaban J connectivity index is 1.87. The summed E-state index contributed by atoms with van der Waals surface area (Å²) in [6, 6.07) is 2.98. The molecule has 3 rings (SSSR count). The highest BCUT2D eigenvalue weighted by atomic mass is 19.4. The minimum absolute atomic E-state index is 0.361. The average molecular weight is 282 g/mol. The molecule has 6 heteroatoms. The molecule has 1 fully saturated rings. The van der Waals surface area contributed by atoms with E-state index >= 15 is 0 Å². The maximum atomic E-state index is 12.5. The van der Waals surface area contributed by atoms with E-state index in [-0.39, 0.29) is 5.75 Å². The normalized spacial score (nSPS) is 15.6. The van der Waals surface area contributed by atoms with Crippen LogP contribution in [0.25, 0.3) is 11.1 Å². The van der Waals surface area contributed by atoms with Gasteiger partial charge in [-0.2, -0.15) is 18.3 Å². The van der Waals surface area contributed by atoms with Gasteiger partial charge in [0.25, 0.3) is 0 Å². The summed E-state index contributed by atoms with van der Waals surface area (Å²) >= 11 is 0. The Morgan fingerprint density at radius 2 is 2.05 bits per heavy atom. The second-order valence-corrected chi connectivity index (χ2v) is 5.12. The maximum Gasteiger partial charge on any atom is 0.416 e. The van der Waals surface area contributed by atoms with Gasteiger partial charge in [0.05, 0.1) is 11.8 Å². The van der Waals surface area contributed by atoms with E-state index in [0.717, 1.165) is 18.7 Å². The SMILES string of the molecule is Oc1cc(C(F)(F)F)ccc1-c1cnn(CC2CC2)c1. The van der Waals surface area contributed by atoms with Crippen LogP contribution in [0.5, 0.6) is 5.75 Å². The average Bonchev–Trinajstić information content (AvgIpc) is 3.05. The fourth-order valence-electron chi connectivity index (χ4n) is 2.12. The fraction of sp³-hybridized carbons (Fsp3) is 0.357. The van der Waals surface area contributed by atoms with Crippen LogP contribution in [0.1, 0.15) is 18.4 Å². The van der Waals surface area contributed by atoms with Crippen molar-refractivity contribution >= 4 is 0 Å². The number of nitrogens with zero attached hydrogens (tertiary/aromatic N) is 2. The molecule has 1 heterocycles. The summed E-state index contributed by atoms with van der Waals surface area (Å²) in [6.45, 7) is 0.821. The van der Waals surface area contributed by atoms with Crippen molar-refractivity contribution in [2.75, 3.05) is 0 Å². The second kappa shape index (κ2) is 4.54. The predicted octanol–water partition coefficient (Wildman–Crippen LogP) is 3.68. The number of alkyl halides is 3. The molecule has 1 aromatic heterocycles. The Labute approximate surface area is 113 Å². The highest BCUT2D eigenvalue weighted by molar-refractivity contribution is 5.69. The lowest BCUT2D eigenvalue weighted by Crippen LogP contribution is -2.04. The molecule has 0 amide bonds. The number of phenolic OH excluding ortho intramolecular Hbond substituents is 1. The summed E-state index contributed by atoms with van der Waals surface area (Å²) in [5.74, 6) is 0.273. The second-order valence-electron chi connectivity index (χ2n) is 5.12. The molecule has 0 aliphatic heterocycles. The van der Waals surface area contributed by atoms with Crippen LogP contribution in [0, 0.1) is 5.92 Å². The summed E-state index contributed by atoms with van der Waals surface area (Å²) in [6.07, 6.45) is 1.25. The number of rotatable bonds is 3. The Morgan fingerprint density at radius 1 is 1.30 bits per heavy atom. The largest absolute Gasteiger partial charge is 0.507 e. The molecule has 3 nitrogen and oxygen atoms in total. The standard InChI is InChI=1S/C14H13F3N2O/c15-14(16,17)11-3-4-12(13(20)5-11)10-6-18-19(8-10)7-9-1-2-9/h3-6,8-9,20H,1-2,7H2. The Kier molecular flexibility index (Phi) is 2.96. The zero-order valence-electron chi connectivity index (χ0n) is 10.6. The summed E-state index contributed by atoms with van der Waals surface area (Å²) in [5.41, 5.74) is 0.126. The number of halogens is 3. The third-order valence-electron chi connectivity index (χ3n) is 3.41. The molecule has 106 valence electrons. The van der Waals surface area contributed by atoms with Crippen LogP contribution in [0.3, 0.4) is 0 Å². The molecule has 1 aliphatic rings. The summed E-state index contributed by atoms with van der Waals surface area (Å²) in [5, 5.41) is 13.9. The van der Waals surface area contributed by atoms with E-state index in [0.29, 0.717) is 17.0 Å². The highest BCUT2D eigenvalue weighted by Crippen LogP contribution is 2.36. The van der Waals surface area contributed by atoms with Gasteiger partial charge in [0.1, 0.15) is 5.75 Å². The first-order valence-electron chi connectivity index (χ1n) is 6.36. The third-order valence-corrected chi connectivity index (χ3v) is 3.41. The molecular formula is C14H13F3N2O. The molecule has 0 atom stereocenters. The third kappa shape index (κ3) is 2.64. The van der Waals surface area contributed by atoms with Crippen molar-refractivity contribution in [1.29, 1.82) is 0 Å². The number of benzene rings is 1. The quantitative estimate of drug-likeness (QED) is 0.932. The van der Waals surface area contributed by atoms with Gasteiger partial charge in [0.15, 0.2) is 0 Å². The van der Waals surface area contributed by atoms with Gasteiger partial charge in [0, 0.05) is 23.9 Å². The number of aromatic hydroxyl groups is 1. The summed E-state index contributed by atoms with van der Waals surface area (Å²) in [4.78, 5) is 0. The molecule has 1 aromatic carbocycles. The van der Waals surface area contributed by atoms with E-state index in [2.05, 4.69) is 5.10 Å². The smallest absolute Gasteiger partial charge is 0.416 e. The molecule has 0 bridgehead atoms.